The Balaban J connectivity index is 1.54. The number of anilines is 1. The van der Waals surface area contributed by atoms with Crippen LogP contribution in [0.2, 0.25) is 0 Å². The molecule has 0 bridgehead atoms. The third kappa shape index (κ3) is 3.40. The first kappa shape index (κ1) is 17.2. The highest BCUT2D eigenvalue weighted by atomic mass is 16.2. The van der Waals surface area contributed by atoms with E-state index in [0.717, 1.165) is 25.0 Å². The molecule has 0 spiro atoms. The number of nitrogens with zero attached hydrogens (tertiary/aromatic N) is 3. The van der Waals surface area contributed by atoms with Crippen LogP contribution in [-0.2, 0) is 4.79 Å². The molecule has 1 N–H and O–H groups in total. The Hall–Kier alpha value is -3.22. The summed E-state index contributed by atoms with van der Waals surface area (Å²) < 4.78 is 0. The fourth-order valence-corrected chi connectivity index (χ4v) is 3.66. The highest BCUT2D eigenvalue weighted by Crippen LogP contribution is 2.31. The Morgan fingerprint density at radius 2 is 1.89 bits per heavy atom. The van der Waals surface area contributed by atoms with Crippen molar-refractivity contribution in [2.45, 2.75) is 25.3 Å². The molecule has 27 heavy (non-hydrogen) atoms. The van der Waals surface area contributed by atoms with Crippen LogP contribution >= 0.6 is 0 Å². The van der Waals surface area contributed by atoms with E-state index >= 15 is 0 Å². The number of amides is 4. The maximum Gasteiger partial charge on any atom is 0.329 e. The Labute approximate surface area is 157 Å². The second-order valence-electron chi connectivity index (χ2n) is 6.75. The van der Waals surface area contributed by atoms with Gasteiger partial charge < -0.3 is 4.90 Å². The molecular weight excluding hydrogens is 344 g/mol. The van der Waals surface area contributed by atoms with Crippen LogP contribution in [0.5, 0.6) is 0 Å². The number of hydrogen-bond acceptors (Lipinski definition) is 4. The number of rotatable bonds is 3. The Morgan fingerprint density at radius 3 is 2.56 bits per heavy atom. The van der Waals surface area contributed by atoms with E-state index in [1.807, 2.05) is 23.1 Å². The summed E-state index contributed by atoms with van der Waals surface area (Å²) in [6.07, 6.45) is 4.70. The number of nitrogens with one attached hydrogen (secondary N) is 1. The van der Waals surface area contributed by atoms with Gasteiger partial charge in [-0.05, 0) is 55.7 Å². The Morgan fingerprint density at radius 1 is 1.07 bits per heavy atom. The molecule has 4 rings (SSSR count). The summed E-state index contributed by atoms with van der Waals surface area (Å²) in [4.78, 5) is 43.9. The number of carbonyl (C=O) groups is 3. The molecule has 3 heterocycles. The maximum atomic E-state index is 13.1. The quantitative estimate of drug-likeness (QED) is 0.849. The van der Waals surface area contributed by atoms with Crippen LogP contribution in [0.4, 0.5) is 10.5 Å². The van der Waals surface area contributed by atoms with Crippen LogP contribution in [0.1, 0.15) is 41.4 Å². The predicted molar refractivity (Wildman–Crippen MR) is 99.2 cm³/mol. The number of pyridine rings is 1. The molecule has 0 radical (unpaired) electrons. The van der Waals surface area contributed by atoms with E-state index in [1.165, 1.54) is 4.90 Å². The van der Waals surface area contributed by atoms with Crippen molar-refractivity contribution in [2.24, 2.45) is 0 Å². The number of urea groups is 1. The summed E-state index contributed by atoms with van der Waals surface area (Å²) in [5.41, 5.74) is 2.07. The van der Waals surface area contributed by atoms with Gasteiger partial charge in [0.15, 0.2) is 0 Å². The van der Waals surface area contributed by atoms with Gasteiger partial charge in [-0.15, -0.1) is 0 Å². The molecule has 0 saturated carbocycles. The van der Waals surface area contributed by atoms with Gasteiger partial charge in [-0.2, -0.15) is 0 Å². The molecule has 2 aliphatic rings. The lowest BCUT2D eigenvalue weighted by atomic mass is 9.97. The van der Waals surface area contributed by atoms with Gasteiger partial charge in [-0.25, -0.2) is 4.79 Å². The molecule has 138 valence electrons. The van der Waals surface area contributed by atoms with Crippen molar-refractivity contribution in [3.63, 3.8) is 0 Å². The highest BCUT2D eigenvalue weighted by Gasteiger charge is 2.30. The fraction of sp³-hybridized carbons (Fsp3) is 0.300. The van der Waals surface area contributed by atoms with E-state index in [9.17, 15) is 14.4 Å². The minimum Gasteiger partial charge on any atom is -0.330 e. The minimum absolute atomic E-state index is 0.00000208. The number of likely N-dealkylation sites (tertiary alicyclic amines) is 1. The fourth-order valence-electron chi connectivity index (χ4n) is 3.66. The smallest absolute Gasteiger partial charge is 0.329 e. The van der Waals surface area contributed by atoms with Crippen molar-refractivity contribution in [1.29, 1.82) is 0 Å². The monoisotopic (exact) mass is 364 g/mol. The van der Waals surface area contributed by atoms with Gasteiger partial charge in [0.05, 0.1) is 11.7 Å². The van der Waals surface area contributed by atoms with Crippen LogP contribution in [0.25, 0.3) is 0 Å². The van der Waals surface area contributed by atoms with Gasteiger partial charge >= 0.3 is 6.03 Å². The molecule has 4 amide bonds. The zero-order valence-electron chi connectivity index (χ0n) is 14.8. The summed E-state index contributed by atoms with van der Waals surface area (Å²) in [5.74, 6) is -0.370. The van der Waals surface area contributed by atoms with Crippen molar-refractivity contribution in [2.75, 3.05) is 18.0 Å². The van der Waals surface area contributed by atoms with Crippen LogP contribution in [0, 0.1) is 0 Å². The molecule has 1 unspecified atom stereocenters. The van der Waals surface area contributed by atoms with Crippen LogP contribution in [-0.4, -0.2) is 40.8 Å². The molecule has 1 aromatic heterocycles. The van der Waals surface area contributed by atoms with Gasteiger partial charge in [0.25, 0.3) is 5.91 Å². The van der Waals surface area contributed by atoms with Crippen molar-refractivity contribution in [3.8, 4) is 0 Å². The third-order valence-electron chi connectivity index (χ3n) is 5.01. The van der Waals surface area contributed by atoms with E-state index in [0.29, 0.717) is 17.8 Å². The van der Waals surface area contributed by atoms with Gasteiger partial charge in [0.2, 0.25) is 5.91 Å². The number of piperidine rings is 1. The largest absolute Gasteiger partial charge is 0.330 e. The molecule has 2 saturated heterocycles. The summed E-state index contributed by atoms with van der Waals surface area (Å²) in [7, 11) is 0. The minimum atomic E-state index is -0.440. The second-order valence-corrected chi connectivity index (χ2v) is 6.75. The number of imide groups is 1. The van der Waals surface area contributed by atoms with Crippen LogP contribution in [0.15, 0.2) is 48.7 Å². The molecule has 2 aromatic rings. The maximum absolute atomic E-state index is 13.1. The topological polar surface area (TPSA) is 82.6 Å². The molecule has 7 nitrogen and oxygen atoms in total. The van der Waals surface area contributed by atoms with Crippen molar-refractivity contribution in [3.05, 3.63) is 59.9 Å². The van der Waals surface area contributed by atoms with Gasteiger partial charge in [0.1, 0.15) is 6.54 Å². The standard InChI is InChI=1S/C20H20N4O3/c25-18-13-24(20(27)22-18)15-9-7-14(8-10-15)19(26)23-12-4-2-6-17(23)16-5-1-3-11-21-16/h1,3,5,7-11,17H,2,4,6,12-13H2,(H,22,25,27). The lowest BCUT2D eigenvalue weighted by Gasteiger charge is -2.35. The normalized spacial score (nSPS) is 19.9. The van der Waals surface area contributed by atoms with E-state index in [1.54, 1.807) is 30.5 Å². The van der Waals surface area contributed by atoms with Crippen molar-refractivity contribution < 1.29 is 14.4 Å². The second kappa shape index (κ2) is 7.19. The number of aromatic nitrogens is 1. The number of benzene rings is 1. The zero-order chi connectivity index (χ0) is 18.8. The SMILES string of the molecule is O=C1CN(c2ccc(C(=O)N3CCCCC3c3ccccn3)cc2)C(=O)N1. The molecule has 2 fully saturated rings. The van der Waals surface area contributed by atoms with Gasteiger partial charge in [0, 0.05) is 24.0 Å². The van der Waals surface area contributed by atoms with Gasteiger partial charge in [-0.3, -0.25) is 24.8 Å². The average molecular weight is 364 g/mol. The first-order chi connectivity index (χ1) is 13.1. The molecular formula is C20H20N4O3. The first-order valence-electron chi connectivity index (χ1n) is 9.07. The Kier molecular flexibility index (Phi) is 4.58. The van der Waals surface area contributed by atoms with E-state index in [4.69, 9.17) is 0 Å². The highest BCUT2D eigenvalue weighted by molar-refractivity contribution is 6.12. The molecule has 1 atom stereocenters. The van der Waals surface area contributed by atoms with Gasteiger partial charge in [-0.1, -0.05) is 6.07 Å². The summed E-state index contributed by atoms with van der Waals surface area (Å²) >= 11 is 0. The Bertz CT molecular complexity index is 867. The van der Waals surface area contributed by atoms with E-state index in [2.05, 4.69) is 10.3 Å². The number of hydrogen-bond donors (Lipinski definition) is 1. The van der Waals surface area contributed by atoms with E-state index < -0.39 is 6.03 Å². The van der Waals surface area contributed by atoms with Crippen LogP contribution in [0.3, 0.4) is 0 Å². The average Bonchev–Trinajstić information content (AvgIpc) is 3.06. The molecule has 0 aliphatic carbocycles. The first-order valence-corrected chi connectivity index (χ1v) is 9.07. The van der Waals surface area contributed by atoms with E-state index in [-0.39, 0.29) is 24.4 Å². The number of carbonyl (C=O) groups excluding carboxylic acids is 3. The van der Waals surface area contributed by atoms with Crippen molar-refractivity contribution in [1.82, 2.24) is 15.2 Å². The zero-order valence-corrected chi connectivity index (χ0v) is 14.8. The molecule has 7 heteroatoms. The lowest BCUT2D eigenvalue weighted by molar-refractivity contribution is -0.117. The van der Waals surface area contributed by atoms with Crippen molar-refractivity contribution >= 4 is 23.5 Å². The summed E-state index contributed by atoms with van der Waals surface area (Å²) in [6.45, 7) is 0.699. The third-order valence-corrected chi connectivity index (χ3v) is 5.01. The summed E-state index contributed by atoms with van der Waals surface area (Å²) in [6, 6.07) is 12.1. The lowest BCUT2D eigenvalue weighted by Crippen LogP contribution is -2.38. The summed E-state index contributed by atoms with van der Waals surface area (Å²) in [5, 5.41) is 2.24. The molecule has 1 aromatic carbocycles. The molecule has 2 aliphatic heterocycles. The van der Waals surface area contributed by atoms with Crippen LogP contribution < -0.4 is 10.2 Å². The predicted octanol–water partition coefficient (Wildman–Crippen LogP) is 2.51.